The lowest BCUT2D eigenvalue weighted by molar-refractivity contribution is -0.299. The summed E-state index contributed by atoms with van der Waals surface area (Å²) in [5, 5.41) is 21.2. The fraction of sp³-hybridized carbons (Fsp3) is 0.0556. The van der Waals surface area contributed by atoms with Crippen molar-refractivity contribution in [1.29, 1.82) is 0 Å². The van der Waals surface area contributed by atoms with Crippen LogP contribution < -0.4 is 5.11 Å². The van der Waals surface area contributed by atoms with Gasteiger partial charge in [-0.25, -0.2) is 4.79 Å². The third-order valence-electron chi connectivity index (χ3n) is 7.49. The van der Waals surface area contributed by atoms with Gasteiger partial charge in [0.1, 0.15) is 0 Å². The van der Waals surface area contributed by atoms with Gasteiger partial charge in [0.05, 0.1) is 22.4 Å². The molecule has 200 valence electrons. The summed E-state index contributed by atoms with van der Waals surface area (Å²) < 4.78 is 0. The van der Waals surface area contributed by atoms with Gasteiger partial charge in [-0.05, 0) is 64.2 Å². The van der Waals surface area contributed by atoms with Gasteiger partial charge in [0, 0.05) is 11.8 Å². The predicted octanol–water partition coefficient (Wildman–Crippen LogP) is 6.19. The van der Waals surface area contributed by atoms with E-state index in [1.165, 1.54) is 14.7 Å². The third kappa shape index (κ3) is 4.85. The summed E-state index contributed by atoms with van der Waals surface area (Å²) in [7, 11) is -0.0146. The number of benzene rings is 5. The molecule has 0 amide bonds. The molecule has 3 aliphatic rings. The highest BCUT2D eigenvalue weighted by Gasteiger charge is 2.45. The molecule has 0 heterocycles. The normalized spacial score (nSPS) is 16.3. The lowest BCUT2D eigenvalue weighted by atomic mass is 9.61. The number of hydrogen-bond acceptors (Lipinski definition) is 3. The van der Waals surface area contributed by atoms with E-state index in [0.29, 0.717) is 0 Å². The standard InChI is InChI=1S/C18H12O4.C18H15S/c19-17(20)15-13-9-5-1-2-6-10(9)14(16(15)18(21)22)12-8-4-3-7-11(12)13;1-4-10-16(11-5-1)19(17-12-6-2-7-13-17)18-14-8-3-9-15-18/h1-8,13-14H,(H,19,20)(H,21,22);1-15H/q;+1/p-1. The number of aliphatic carboxylic acids is 2. The van der Waals surface area contributed by atoms with Gasteiger partial charge in [-0.1, -0.05) is 103 Å². The molecule has 0 aromatic heterocycles. The lowest BCUT2D eigenvalue weighted by Gasteiger charge is -2.42. The Morgan fingerprint density at radius 3 is 1.07 bits per heavy atom. The average molecular weight is 555 g/mol. The van der Waals surface area contributed by atoms with Crippen LogP contribution in [0.5, 0.6) is 0 Å². The number of carboxylic acid groups (broad SMARTS) is 2. The summed E-state index contributed by atoms with van der Waals surface area (Å²) >= 11 is 0. The second-order valence-electron chi connectivity index (χ2n) is 9.79. The van der Waals surface area contributed by atoms with Crippen molar-refractivity contribution in [3.8, 4) is 0 Å². The maximum absolute atomic E-state index is 11.7. The smallest absolute Gasteiger partial charge is 0.332 e. The van der Waals surface area contributed by atoms with Crippen molar-refractivity contribution in [2.24, 2.45) is 0 Å². The second-order valence-corrected chi connectivity index (χ2v) is 11.8. The maximum Gasteiger partial charge on any atom is 0.332 e. The van der Waals surface area contributed by atoms with Gasteiger partial charge in [0.25, 0.3) is 0 Å². The third-order valence-corrected chi connectivity index (χ3v) is 9.72. The first kappa shape index (κ1) is 26.4. The Hall–Kier alpha value is -4.87. The molecule has 0 atom stereocenters. The molecule has 2 bridgehead atoms. The largest absolute Gasteiger partial charge is 0.545 e. The minimum absolute atomic E-state index is 0.0146. The summed E-state index contributed by atoms with van der Waals surface area (Å²) in [5.41, 5.74) is 3.27. The van der Waals surface area contributed by atoms with E-state index in [0.717, 1.165) is 22.3 Å². The maximum atomic E-state index is 11.7. The quantitative estimate of drug-likeness (QED) is 0.263. The molecular weight excluding hydrogens is 528 g/mol. The fourth-order valence-electron chi connectivity index (χ4n) is 5.89. The van der Waals surface area contributed by atoms with Crippen molar-refractivity contribution in [1.82, 2.24) is 0 Å². The van der Waals surface area contributed by atoms with Crippen LogP contribution in [0.25, 0.3) is 0 Å². The summed E-state index contributed by atoms with van der Waals surface area (Å²) in [4.78, 5) is 27.5. The van der Waals surface area contributed by atoms with Gasteiger partial charge in [0.15, 0.2) is 14.7 Å². The second kappa shape index (κ2) is 11.3. The van der Waals surface area contributed by atoms with Crippen LogP contribution in [0.15, 0.2) is 165 Å². The van der Waals surface area contributed by atoms with E-state index in [2.05, 4.69) is 91.0 Å². The van der Waals surface area contributed by atoms with Gasteiger partial charge < -0.3 is 15.0 Å². The molecule has 0 fully saturated rings. The van der Waals surface area contributed by atoms with Crippen molar-refractivity contribution in [2.45, 2.75) is 26.5 Å². The van der Waals surface area contributed by atoms with Gasteiger partial charge in [-0.3, -0.25) is 0 Å². The Morgan fingerprint density at radius 2 is 0.780 bits per heavy atom. The average Bonchev–Trinajstić information content (AvgIpc) is 3.02. The summed E-state index contributed by atoms with van der Waals surface area (Å²) in [6.45, 7) is 0. The van der Waals surface area contributed by atoms with Crippen molar-refractivity contribution in [3.05, 3.63) is 173 Å². The molecule has 0 saturated carbocycles. The van der Waals surface area contributed by atoms with Gasteiger partial charge in [-0.2, -0.15) is 0 Å². The molecule has 0 unspecified atom stereocenters. The summed E-state index contributed by atoms with van der Waals surface area (Å²) in [5.74, 6) is -3.73. The van der Waals surface area contributed by atoms with Crippen molar-refractivity contribution in [2.75, 3.05) is 0 Å². The molecule has 5 heteroatoms. The van der Waals surface area contributed by atoms with E-state index in [9.17, 15) is 19.8 Å². The number of rotatable bonds is 5. The number of hydrogen-bond donors (Lipinski definition) is 1. The molecule has 8 rings (SSSR count). The van der Waals surface area contributed by atoms with Crippen LogP contribution in [0.4, 0.5) is 0 Å². The molecule has 3 aliphatic carbocycles. The predicted molar refractivity (Wildman–Crippen MR) is 158 cm³/mol. The van der Waals surface area contributed by atoms with Gasteiger partial charge in [-0.15, -0.1) is 0 Å². The summed E-state index contributed by atoms with van der Waals surface area (Å²) in [6.07, 6.45) is 0. The van der Waals surface area contributed by atoms with E-state index >= 15 is 0 Å². The molecular formula is C36H26O4S. The van der Waals surface area contributed by atoms with Crippen LogP contribution >= 0.6 is 0 Å². The Morgan fingerprint density at radius 1 is 0.488 bits per heavy atom. The van der Waals surface area contributed by atoms with E-state index in [1.54, 1.807) is 0 Å². The van der Waals surface area contributed by atoms with Crippen LogP contribution in [0.1, 0.15) is 34.1 Å². The highest BCUT2D eigenvalue weighted by atomic mass is 32.2. The monoisotopic (exact) mass is 554 g/mol. The van der Waals surface area contributed by atoms with Crippen LogP contribution in [0.3, 0.4) is 0 Å². The van der Waals surface area contributed by atoms with Crippen LogP contribution in [0, 0.1) is 0 Å². The molecule has 0 radical (unpaired) electrons. The first-order valence-corrected chi connectivity index (χ1v) is 14.5. The molecule has 0 spiro atoms. The zero-order valence-electron chi connectivity index (χ0n) is 22.0. The first-order valence-electron chi connectivity index (χ1n) is 13.3. The molecule has 5 aromatic rings. The van der Waals surface area contributed by atoms with Crippen molar-refractivity contribution in [3.63, 3.8) is 0 Å². The molecule has 4 nitrogen and oxygen atoms in total. The summed E-state index contributed by atoms with van der Waals surface area (Å²) in [6, 6.07) is 47.0. The van der Waals surface area contributed by atoms with E-state index < -0.39 is 23.8 Å². The molecule has 1 N–H and O–H groups in total. The van der Waals surface area contributed by atoms with E-state index in [-0.39, 0.29) is 22.0 Å². The van der Waals surface area contributed by atoms with Crippen LogP contribution in [-0.2, 0) is 20.5 Å². The minimum Gasteiger partial charge on any atom is -0.545 e. The Kier molecular flexibility index (Phi) is 7.28. The van der Waals surface area contributed by atoms with Gasteiger partial charge >= 0.3 is 5.97 Å². The highest BCUT2D eigenvalue weighted by Crippen LogP contribution is 2.55. The molecule has 0 saturated heterocycles. The molecule has 5 aromatic carbocycles. The SMILES string of the molecule is O=C([O-])C1=C(C(=O)O)C2c3ccccc3C1c1ccccc12.c1ccc([S+](c2ccccc2)c2ccccc2)cc1. The van der Waals surface area contributed by atoms with Crippen LogP contribution in [-0.4, -0.2) is 17.0 Å². The van der Waals surface area contributed by atoms with Crippen LogP contribution in [0.2, 0.25) is 0 Å². The number of carbonyl (C=O) groups is 2. The Balaban J connectivity index is 0.000000149. The van der Waals surface area contributed by atoms with Crippen molar-refractivity contribution < 1.29 is 19.8 Å². The van der Waals surface area contributed by atoms with Gasteiger partial charge in [0.2, 0.25) is 0 Å². The number of carboxylic acids is 2. The molecule has 41 heavy (non-hydrogen) atoms. The molecule has 0 aliphatic heterocycles. The van der Waals surface area contributed by atoms with E-state index in [1.807, 2.05) is 48.5 Å². The zero-order valence-corrected chi connectivity index (χ0v) is 22.8. The highest BCUT2D eigenvalue weighted by molar-refractivity contribution is 7.97. The Bertz CT molecular complexity index is 1540. The minimum atomic E-state index is -1.41. The van der Waals surface area contributed by atoms with E-state index in [4.69, 9.17) is 0 Å². The fourth-order valence-corrected chi connectivity index (χ4v) is 7.99. The Labute approximate surface area is 241 Å². The van der Waals surface area contributed by atoms with Crippen molar-refractivity contribution >= 4 is 22.8 Å². The zero-order chi connectivity index (χ0) is 28.3. The lowest BCUT2D eigenvalue weighted by Crippen LogP contribution is -2.38. The topological polar surface area (TPSA) is 77.4 Å². The number of carbonyl (C=O) groups excluding carboxylic acids is 1. The first-order chi connectivity index (χ1) is 20.1.